The van der Waals surface area contributed by atoms with Crippen LogP contribution in [0.4, 0.5) is 0 Å². The van der Waals surface area contributed by atoms with Crippen LogP contribution < -0.4 is 0 Å². The first-order valence-electron chi connectivity index (χ1n) is 2.83. The minimum atomic E-state index is 0.750. The van der Waals surface area contributed by atoms with Gasteiger partial charge in [-0.15, -0.1) is 0 Å². The van der Waals surface area contributed by atoms with E-state index in [4.69, 9.17) is 9.59 Å². The maximum absolute atomic E-state index is 8.81. The van der Waals surface area contributed by atoms with Crippen LogP contribution in [0.1, 0.15) is 27.7 Å². The Morgan fingerprint density at radius 1 is 1.22 bits per heavy atom. The fourth-order valence-electron chi connectivity index (χ4n) is 0. The average Bonchev–Trinajstić information content (AvgIpc) is 1.71. The molecule has 0 unspecified atom stereocenters. The predicted molar refractivity (Wildman–Crippen MR) is 39.4 cm³/mol. The lowest BCUT2D eigenvalue weighted by Crippen LogP contribution is -1.66. The molecular weight excluding hydrogens is 116 g/mol. The first kappa shape index (κ1) is 15.8. The molecule has 2 heteroatoms. The largest absolute Gasteiger partial charge is 0.307 e. The van der Waals surface area contributed by atoms with Crippen molar-refractivity contribution in [3.05, 3.63) is 0 Å². The third-order valence-corrected chi connectivity index (χ3v) is 0. The second kappa shape index (κ2) is 26.4. The van der Waals surface area contributed by atoms with Crippen molar-refractivity contribution in [1.82, 2.24) is 0 Å². The Balaban J connectivity index is -0.0000000646. The van der Waals surface area contributed by atoms with E-state index in [1.165, 1.54) is 6.92 Å². The summed E-state index contributed by atoms with van der Waals surface area (Å²) in [6, 6.07) is 0. The van der Waals surface area contributed by atoms with E-state index < -0.39 is 0 Å². The van der Waals surface area contributed by atoms with E-state index in [9.17, 15) is 0 Å². The number of carbonyl (C=O) groups excluding carboxylic acids is 2. The molecule has 0 heterocycles. The van der Waals surface area contributed by atoms with Gasteiger partial charge in [-0.05, 0) is 12.8 Å². The summed E-state index contributed by atoms with van der Waals surface area (Å²) in [4.78, 5) is 16.8. The molecule has 0 spiro atoms. The van der Waals surface area contributed by atoms with Gasteiger partial charge in [0.1, 0.15) is 13.1 Å². The summed E-state index contributed by atoms with van der Waals surface area (Å²) >= 11 is 0. The van der Waals surface area contributed by atoms with Gasteiger partial charge in [0.2, 0.25) is 0 Å². The van der Waals surface area contributed by atoms with Crippen LogP contribution in [0.5, 0.6) is 0 Å². The Bertz CT molecular complexity index is 39.4. The van der Waals surface area contributed by atoms with Crippen molar-refractivity contribution in [2.45, 2.75) is 27.7 Å². The van der Waals surface area contributed by atoms with E-state index in [-0.39, 0.29) is 0 Å². The summed E-state index contributed by atoms with van der Waals surface area (Å²) in [5, 5.41) is 0. The van der Waals surface area contributed by atoms with Crippen LogP contribution >= 0.6 is 0 Å². The van der Waals surface area contributed by atoms with Crippen molar-refractivity contribution < 1.29 is 9.59 Å². The number of hydrogen-bond acceptors (Lipinski definition) is 2. The third kappa shape index (κ3) is 480. The zero-order valence-corrected chi connectivity index (χ0v) is 6.68. The summed E-state index contributed by atoms with van der Waals surface area (Å²) < 4.78 is 0. The quantitative estimate of drug-likeness (QED) is 0.470. The molecule has 0 amide bonds. The smallest absolute Gasteiger partial charge is 0.116 e. The van der Waals surface area contributed by atoms with Crippen molar-refractivity contribution in [2.75, 3.05) is 0 Å². The zero-order chi connectivity index (χ0) is 8.28. The molecule has 56 valence electrons. The zero-order valence-electron chi connectivity index (χ0n) is 6.68. The van der Waals surface area contributed by atoms with Crippen LogP contribution in [0.2, 0.25) is 0 Å². The topological polar surface area (TPSA) is 34.1 Å². The highest BCUT2D eigenvalue weighted by Gasteiger charge is 1.68. The Kier molecular flexibility index (Phi) is 46.3. The van der Waals surface area contributed by atoms with Gasteiger partial charge >= 0.3 is 0 Å². The van der Waals surface area contributed by atoms with E-state index in [0.29, 0.717) is 0 Å². The average molecular weight is 132 g/mol. The van der Waals surface area contributed by atoms with Gasteiger partial charge in [-0.2, -0.15) is 0 Å². The van der Waals surface area contributed by atoms with Gasteiger partial charge in [0, 0.05) is 0 Å². The Morgan fingerprint density at radius 3 is 1.22 bits per heavy atom. The summed E-state index contributed by atoms with van der Waals surface area (Å²) in [6.45, 7) is 9.94. The molecule has 9 heavy (non-hydrogen) atoms. The summed E-state index contributed by atoms with van der Waals surface area (Å²) in [6.07, 6.45) is 0.750. The SMILES string of the molecule is C=O.CC(C)C.CC=O. The van der Waals surface area contributed by atoms with Gasteiger partial charge in [-0.25, -0.2) is 0 Å². The molecule has 0 aromatic heterocycles. The van der Waals surface area contributed by atoms with Crippen molar-refractivity contribution in [3.63, 3.8) is 0 Å². The minimum absolute atomic E-state index is 0.750. The van der Waals surface area contributed by atoms with Crippen LogP contribution in [-0.4, -0.2) is 13.1 Å². The number of hydrogen-bond donors (Lipinski definition) is 0. The molecule has 2 nitrogen and oxygen atoms in total. The highest BCUT2D eigenvalue weighted by Crippen LogP contribution is 1.81. The summed E-state index contributed by atoms with van der Waals surface area (Å²) in [5.74, 6) is 0.833. The number of aldehydes is 1. The van der Waals surface area contributed by atoms with Crippen LogP contribution in [0.25, 0.3) is 0 Å². The van der Waals surface area contributed by atoms with Gasteiger partial charge in [0.15, 0.2) is 0 Å². The maximum atomic E-state index is 8.81. The molecule has 0 aliphatic rings. The third-order valence-electron chi connectivity index (χ3n) is 0. The van der Waals surface area contributed by atoms with Crippen molar-refractivity contribution in [1.29, 1.82) is 0 Å². The number of rotatable bonds is 0. The van der Waals surface area contributed by atoms with E-state index in [2.05, 4.69) is 20.8 Å². The van der Waals surface area contributed by atoms with E-state index in [1.807, 2.05) is 6.79 Å². The first-order chi connectivity index (χ1) is 4.15. The molecule has 0 aromatic rings. The summed E-state index contributed by atoms with van der Waals surface area (Å²) in [7, 11) is 0. The minimum Gasteiger partial charge on any atom is -0.307 e. The van der Waals surface area contributed by atoms with Gasteiger partial charge in [-0.3, -0.25) is 0 Å². The lowest BCUT2D eigenvalue weighted by molar-refractivity contribution is -0.106. The van der Waals surface area contributed by atoms with Gasteiger partial charge in [-0.1, -0.05) is 20.8 Å². The Labute approximate surface area is 57.3 Å². The molecule has 0 aromatic carbocycles. The first-order valence-corrected chi connectivity index (χ1v) is 2.83. The Hall–Kier alpha value is -0.660. The molecule has 0 rings (SSSR count). The van der Waals surface area contributed by atoms with E-state index in [1.54, 1.807) is 0 Å². The number of carbonyl (C=O) groups is 2. The van der Waals surface area contributed by atoms with Crippen LogP contribution in [0, 0.1) is 5.92 Å². The van der Waals surface area contributed by atoms with Crippen molar-refractivity contribution in [2.24, 2.45) is 5.92 Å². The molecule has 0 atom stereocenters. The Morgan fingerprint density at radius 2 is 1.22 bits per heavy atom. The van der Waals surface area contributed by atoms with Gasteiger partial charge < -0.3 is 9.59 Å². The normalized spacial score (nSPS) is 5.89. The standard InChI is InChI=1S/C4H10.C2H4O.CH2O/c1-4(2)3;1-2-3;1-2/h4H,1-3H3;2H,1H3;1H2. The second-order valence-electron chi connectivity index (χ2n) is 1.97. The molecular formula is C7H16O2. The maximum Gasteiger partial charge on any atom is 0.116 e. The predicted octanol–water partition coefficient (Wildman–Crippen LogP) is 1.68. The highest BCUT2D eigenvalue weighted by molar-refractivity contribution is 5.44. The molecule has 0 saturated carbocycles. The molecule has 0 aliphatic carbocycles. The fraction of sp³-hybridized carbons (Fsp3) is 0.714. The molecule has 0 radical (unpaired) electrons. The fourth-order valence-corrected chi connectivity index (χ4v) is 0. The summed E-state index contributed by atoms with van der Waals surface area (Å²) in [5.41, 5.74) is 0. The molecule has 0 N–H and O–H groups in total. The van der Waals surface area contributed by atoms with Crippen molar-refractivity contribution in [3.8, 4) is 0 Å². The lowest BCUT2D eigenvalue weighted by atomic mass is 10.3. The monoisotopic (exact) mass is 132 g/mol. The van der Waals surface area contributed by atoms with Crippen molar-refractivity contribution >= 4 is 13.1 Å². The van der Waals surface area contributed by atoms with Gasteiger partial charge in [0.05, 0.1) is 0 Å². The van der Waals surface area contributed by atoms with Crippen LogP contribution in [0.15, 0.2) is 0 Å². The molecule has 0 saturated heterocycles. The van der Waals surface area contributed by atoms with E-state index in [0.717, 1.165) is 12.2 Å². The molecule has 0 bridgehead atoms. The lowest BCUT2D eigenvalue weighted by Gasteiger charge is -1.79. The second-order valence-corrected chi connectivity index (χ2v) is 1.97. The van der Waals surface area contributed by atoms with Crippen LogP contribution in [-0.2, 0) is 9.59 Å². The molecule has 0 fully saturated rings. The molecule has 0 aliphatic heterocycles. The van der Waals surface area contributed by atoms with Gasteiger partial charge in [0.25, 0.3) is 0 Å². The van der Waals surface area contributed by atoms with Crippen LogP contribution in [0.3, 0.4) is 0 Å². The van der Waals surface area contributed by atoms with E-state index >= 15 is 0 Å². The highest BCUT2D eigenvalue weighted by atomic mass is 16.1.